The van der Waals surface area contributed by atoms with E-state index in [1.807, 2.05) is 0 Å². The van der Waals surface area contributed by atoms with Gasteiger partial charge in [0.2, 0.25) is 10.0 Å². The predicted octanol–water partition coefficient (Wildman–Crippen LogP) is 2.63. The lowest BCUT2D eigenvalue weighted by molar-refractivity contribution is 0.0896. The minimum atomic E-state index is -3.19. The molecular formula is C18H21FN2O4S. The first-order valence-corrected chi connectivity index (χ1v) is 10.1. The van der Waals surface area contributed by atoms with Gasteiger partial charge >= 0.3 is 0 Å². The topological polar surface area (TPSA) is 79.6 Å². The number of halogens is 1. The second kappa shape index (κ2) is 7.59. The molecule has 140 valence electrons. The molecule has 2 aromatic rings. The van der Waals surface area contributed by atoms with Crippen molar-refractivity contribution in [2.75, 3.05) is 18.8 Å². The molecule has 8 heteroatoms. The number of benzene rings is 1. The molecule has 1 fully saturated rings. The maximum absolute atomic E-state index is 13.8. The molecule has 0 bridgehead atoms. The Morgan fingerprint density at radius 2 is 1.92 bits per heavy atom. The number of carbonyl (C=O) groups excluding carboxylic acids is 1. The van der Waals surface area contributed by atoms with Gasteiger partial charge < -0.3 is 9.73 Å². The summed E-state index contributed by atoms with van der Waals surface area (Å²) in [5.74, 6) is -0.332. The Morgan fingerprint density at radius 3 is 2.58 bits per heavy atom. The maximum Gasteiger partial charge on any atom is 0.287 e. The van der Waals surface area contributed by atoms with E-state index in [4.69, 9.17) is 4.42 Å². The van der Waals surface area contributed by atoms with Gasteiger partial charge in [0, 0.05) is 19.1 Å². The van der Waals surface area contributed by atoms with E-state index < -0.39 is 15.8 Å². The number of carbonyl (C=O) groups is 1. The lowest BCUT2D eigenvalue weighted by Crippen LogP contribution is -2.46. The van der Waals surface area contributed by atoms with E-state index in [9.17, 15) is 17.6 Å². The fourth-order valence-corrected chi connectivity index (χ4v) is 4.12. The van der Waals surface area contributed by atoms with E-state index >= 15 is 0 Å². The Hall–Kier alpha value is -2.19. The van der Waals surface area contributed by atoms with E-state index in [0.717, 1.165) is 0 Å². The highest BCUT2D eigenvalue weighted by atomic mass is 32.2. The minimum Gasteiger partial charge on any atom is -0.451 e. The standard InChI is InChI=1S/C18H21FN2O4S/c1-2-26(23,24)21-11-9-13(10-12-21)20-18(22)17-8-7-16(25-17)14-5-3-4-6-15(14)19/h3-8,13H,2,9-12H2,1H3,(H,20,22). The quantitative estimate of drug-likeness (QED) is 0.865. The molecule has 26 heavy (non-hydrogen) atoms. The largest absolute Gasteiger partial charge is 0.451 e. The first-order valence-electron chi connectivity index (χ1n) is 8.54. The zero-order valence-electron chi connectivity index (χ0n) is 14.4. The summed E-state index contributed by atoms with van der Waals surface area (Å²) in [6.07, 6.45) is 1.09. The number of rotatable bonds is 5. The second-order valence-corrected chi connectivity index (χ2v) is 8.45. The third-order valence-corrected chi connectivity index (χ3v) is 6.40. The number of hydrogen-bond acceptors (Lipinski definition) is 4. The Balaban J connectivity index is 1.61. The van der Waals surface area contributed by atoms with Crippen molar-refractivity contribution in [2.24, 2.45) is 0 Å². The lowest BCUT2D eigenvalue weighted by Gasteiger charge is -2.31. The summed E-state index contributed by atoms with van der Waals surface area (Å²) in [6, 6.07) is 9.14. The average Bonchev–Trinajstić information content (AvgIpc) is 3.12. The molecule has 0 unspecified atom stereocenters. The van der Waals surface area contributed by atoms with Crippen molar-refractivity contribution >= 4 is 15.9 Å². The van der Waals surface area contributed by atoms with Gasteiger partial charge in [0.25, 0.3) is 5.91 Å². The summed E-state index contributed by atoms with van der Waals surface area (Å²) >= 11 is 0. The summed E-state index contributed by atoms with van der Waals surface area (Å²) in [4.78, 5) is 12.3. The third kappa shape index (κ3) is 3.96. The zero-order valence-corrected chi connectivity index (χ0v) is 15.3. The zero-order chi connectivity index (χ0) is 18.7. The minimum absolute atomic E-state index is 0.0786. The van der Waals surface area contributed by atoms with Gasteiger partial charge in [-0.15, -0.1) is 0 Å². The highest BCUT2D eigenvalue weighted by Gasteiger charge is 2.28. The number of hydrogen-bond donors (Lipinski definition) is 1. The van der Waals surface area contributed by atoms with E-state index in [0.29, 0.717) is 31.5 Å². The molecule has 1 aromatic carbocycles. The summed E-state index contributed by atoms with van der Waals surface area (Å²) in [7, 11) is -3.19. The van der Waals surface area contributed by atoms with Crippen LogP contribution < -0.4 is 5.32 Å². The molecule has 0 aliphatic carbocycles. The van der Waals surface area contributed by atoms with Crippen molar-refractivity contribution in [1.82, 2.24) is 9.62 Å². The van der Waals surface area contributed by atoms with E-state index in [1.54, 1.807) is 31.2 Å². The molecule has 0 atom stereocenters. The fraction of sp³-hybridized carbons (Fsp3) is 0.389. The number of piperidine rings is 1. The van der Waals surface area contributed by atoms with Crippen LogP contribution in [0, 0.1) is 5.82 Å². The van der Waals surface area contributed by atoms with Crippen LogP contribution in [0.4, 0.5) is 4.39 Å². The summed E-state index contributed by atoms with van der Waals surface area (Å²) in [6.45, 7) is 2.40. The van der Waals surface area contributed by atoms with Crippen LogP contribution >= 0.6 is 0 Å². The molecule has 1 saturated heterocycles. The molecule has 0 radical (unpaired) electrons. The molecule has 0 spiro atoms. The third-order valence-electron chi connectivity index (χ3n) is 4.52. The SMILES string of the molecule is CCS(=O)(=O)N1CCC(NC(=O)c2ccc(-c3ccccc3F)o2)CC1. The highest BCUT2D eigenvalue weighted by molar-refractivity contribution is 7.89. The number of furan rings is 1. The predicted molar refractivity (Wildman–Crippen MR) is 95.6 cm³/mol. The Kier molecular flexibility index (Phi) is 5.43. The van der Waals surface area contributed by atoms with Crippen LogP contribution in [0.1, 0.15) is 30.3 Å². The van der Waals surface area contributed by atoms with Crippen LogP contribution in [-0.4, -0.2) is 43.5 Å². The van der Waals surface area contributed by atoms with Crippen LogP contribution in [0.2, 0.25) is 0 Å². The van der Waals surface area contributed by atoms with E-state index in [1.165, 1.54) is 16.4 Å². The Labute approximate surface area is 152 Å². The van der Waals surface area contributed by atoms with Crippen molar-refractivity contribution in [3.05, 3.63) is 48.0 Å². The molecule has 2 heterocycles. The first-order chi connectivity index (χ1) is 12.4. The number of amides is 1. The Bertz CT molecular complexity index is 886. The fourth-order valence-electron chi connectivity index (χ4n) is 2.98. The first kappa shape index (κ1) is 18.6. The van der Waals surface area contributed by atoms with Gasteiger partial charge in [-0.2, -0.15) is 0 Å². The van der Waals surface area contributed by atoms with Crippen LogP contribution in [0.3, 0.4) is 0 Å². The lowest BCUT2D eigenvalue weighted by atomic mass is 10.1. The van der Waals surface area contributed by atoms with Crippen LogP contribution in [0.5, 0.6) is 0 Å². The molecule has 6 nitrogen and oxygen atoms in total. The van der Waals surface area contributed by atoms with Crippen molar-refractivity contribution in [1.29, 1.82) is 0 Å². The van der Waals surface area contributed by atoms with Crippen molar-refractivity contribution in [3.63, 3.8) is 0 Å². The number of sulfonamides is 1. The summed E-state index contributed by atoms with van der Waals surface area (Å²) in [5.41, 5.74) is 0.296. The highest BCUT2D eigenvalue weighted by Crippen LogP contribution is 2.25. The van der Waals surface area contributed by atoms with Crippen LogP contribution in [0.15, 0.2) is 40.8 Å². The maximum atomic E-state index is 13.8. The molecule has 1 N–H and O–H groups in total. The van der Waals surface area contributed by atoms with Crippen molar-refractivity contribution in [2.45, 2.75) is 25.8 Å². The van der Waals surface area contributed by atoms with Gasteiger partial charge in [0.05, 0.1) is 11.3 Å². The van der Waals surface area contributed by atoms with Gasteiger partial charge in [-0.05, 0) is 44.0 Å². The molecule has 0 saturated carbocycles. The molecule has 3 rings (SSSR count). The van der Waals surface area contributed by atoms with Gasteiger partial charge in [0.15, 0.2) is 5.76 Å². The monoisotopic (exact) mass is 380 g/mol. The van der Waals surface area contributed by atoms with Gasteiger partial charge in [-0.3, -0.25) is 4.79 Å². The van der Waals surface area contributed by atoms with Crippen LogP contribution in [0.25, 0.3) is 11.3 Å². The molecule has 1 aliphatic heterocycles. The molecule has 1 aromatic heterocycles. The van der Waals surface area contributed by atoms with Gasteiger partial charge in [-0.25, -0.2) is 17.1 Å². The van der Waals surface area contributed by atoms with Crippen LogP contribution in [-0.2, 0) is 10.0 Å². The Morgan fingerprint density at radius 1 is 1.23 bits per heavy atom. The van der Waals surface area contributed by atoms with Gasteiger partial charge in [-0.1, -0.05) is 12.1 Å². The van der Waals surface area contributed by atoms with Gasteiger partial charge in [0.1, 0.15) is 11.6 Å². The van der Waals surface area contributed by atoms with Crippen molar-refractivity contribution < 1.29 is 22.0 Å². The second-order valence-electron chi connectivity index (χ2n) is 6.19. The molecule has 1 aliphatic rings. The van der Waals surface area contributed by atoms with E-state index in [2.05, 4.69) is 5.32 Å². The summed E-state index contributed by atoms with van der Waals surface area (Å²) < 4.78 is 44.5. The normalized spacial score (nSPS) is 16.5. The average molecular weight is 380 g/mol. The molecular weight excluding hydrogens is 359 g/mol. The van der Waals surface area contributed by atoms with E-state index in [-0.39, 0.29) is 29.2 Å². The number of nitrogens with one attached hydrogen (secondary N) is 1. The summed E-state index contributed by atoms with van der Waals surface area (Å²) in [5, 5.41) is 2.86. The number of nitrogens with zero attached hydrogens (tertiary/aromatic N) is 1. The smallest absolute Gasteiger partial charge is 0.287 e. The molecule has 1 amide bonds. The van der Waals surface area contributed by atoms with Crippen molar-refractivity contribution in [3.8, 4) is 11.3 Å².